The lowest BCUT2D eigenvalue weighted by Crippen LogP contribution is -2.41. The molecule has 1 saturated heterocycles. The molecule has 0 radical (unpaired) electrons. The number of rotatable bonds is 4. The molecule has 106 valence electrons. The van der Waals surface area contributed by atoms with Crippen molar-refractivity contribution < 1.29 is 13.2 Å². The molecule has 1 aromatic heterocycles. The summed E-state index contributed by atoms with van der Waals surface area (Å²) in [6, 6.07) is 1.14. The highest BCUT2D eigenvalue weighted by Crippen LogP contribution is 2.22. The van der Waals surface area contributed by atoms with E-state index in [1.54, 1.807) is 6.92 Å². The van der Waals surface area contributed by atoms with Crippen molar-refractivity contribution in [2.45, 2.75) is 36.8 Å². The number of sulfonamides is 1. The van der Waals surface area contributed by atoms with E-state index in [-0.39, 0.29) is 22.9 Å². The van der Waals surface area contributed by atoms with Crippen molar-refractivity contribution in [3.05, 3.63) is 16.7 Å². The zero-order valence-electron chi connectivity index (χ0n) is 10.5. The molecule has 2 rings (SSSR count). The molecule has 2 atom stereocenters. The topological polar surface area (TPSA) is 94.3 Å². The molecule has 1 fully saturated rings. The van der Waals surface area contributed by atoms with Crippen molar-refractivity contribution >= 4 is 31.8 Å². The molecule has 0 amide bonds. The number of nitrogens with two attached hydrogens (primary N) is 1. The van der Waals surface area contributed by atoms with Crippen LogP contribution in [0.25, 0.3) is 0 Å². The quantitative estimate of drug-likeness (QED) is 0.853. The van der Waals surface area contributed by atoms with Gasteiger partial charge in [0.05, 0.1) is 6.10 Å². The normalized spacial score (nSPS) is 21.5. The molecule has 19 heavy (non-hydrogen) atoms. The highest BCUT2D eigenvalue weighted by molar-refractivity contribution is 9.10. The summed E-state index contributed by atoms with van der Waals surface area (Å²) >= 11 is 3.19. The standard InChI is InChI=1S/C11H16BrN3O3S/c1-7(9-3-2-4-18-9)15-19(16,17)10-5-8(12)6-14-11(10)13/h5-7,9,15H,2-4H2,1H3,(H2,13,14). The number of anilines is 1. The minimum atomic E-state index is -3.70. The van der Waals surface area contributed by atoms with E-state index >= 15 is 0 Å². The Labute approximate surface area is 120 Å². The van der Waals surface area contributed by atoms with Gasteiger partial charge < -0.3 is 10.5 Å². The molecule has 1 aliphatic rings. The van der Waals surface area contributed by atoms with Gasteiger partial charge in [0, 0.05) is 23.3 Å². The van der Waals surface area contributed by atoms with Crippen LogP contribution in [0.4, 0.5) is 5.82 Å². The number of ether oxygens (including phenoxy) is 1. The molecule has 0 aromatic carbocycles. The Morgan fingerprint density at radius 3 is 3.00 bits per heavy atom. The third-order valence-corrected chi connectivity index (χ3v) is 5.02. The number of pyridine rings is 1. The van der Waals surface area contributed by atoms with Crippen molar-refractivity contribution in [1.82, 2.24) is 9.71 Å². The van der Waals surface area contributed by atoms with E-state index in [1.165, 1.54) is 12.3 Å². The van der Waals surface area contributed by atoms with Crippen molar-refractivity contribution in [1.29, 1.82) is 0 Å². The molecule has 2 unspecified atom stereocenters. The zero-order valence-corrected chi connectivity index (χ0v) is 12.9. The molecular formula is C11H16BrN3O3S. The van der Waals surface area contributed by atoms with Crippen molar-refractivity contribution in [2.24, 2.45) is 0 Å². The van der Waals surface area contributed by atoms with Crippen LogP contribution in [0.3, 0.4) is 0 Å². The van der Waals surface area contributed by atoms with Gasteiger partial charge in [0.1, 0.15) is 10.7 Å². The summed E-state index contributed by atoms with van der Waals surface area (Å²) in [4.78, 5) is 3.81. The predicted molar refractivity (Wildman–Crippen MR) is 75.1 cm³/mol. The molecule has 0 bridgehead atoms. The van der Waals surface area contributed by atoms with Gasteiger partial charge in [-0.1, -0.05) is 0 Å². The van der Waals surface area contributed by atoms with Gasteiger partial charge in [0.25, 0.3) is 0 Å². The minimum Gasteiger partial charge on any atom is -0.383 e. The summed E-state index contributed by atoms with van der Waals surface area (Å²) in [5, 5.41) is 0. The molecule has 0 saturated carbocycles. The van der Waals surface area contributed by atoms with Crippen LogP contribution in [-0.2, 0) is 14.8 Å². The number of nitrogens with one attached hydrogen (secondary N) is 1. The Kier molecular flexibility index (Phi) is 4.44. The summed E-state index contributed by atoms with van der Waals surface area (Å²) in [6.45, 7) is 2.46. The van der Waals surface area contributed by atoms with Gasteiger partial charge in [0.15, 0.2) is 0 Å². The zero-order chi connectivity index (χ0) is 14.0. The summed E-state index contributed by atoms with van der Waals surface area (Å²) in [7, 11) is -3.70. The number of hydrogen-bond donors (Lipinski definition) is 2. The summed E-state index contributed by atoms with van der Waals surface area (Å²) in [5.74, 6) is -0.0183. The monoisotopic (exact) mass is 349 g/mol. The van der Waals surface area contributed by atoms with Gasteiger partial charge in [-0.15, -0.1) is 0 Å². The molecule has 2 heterocycles. The first-order valence-corrected chi connectivity index (χ1v) is 8.23. The van der Waals surface area contributed by atoms with Crippen LogP contribution in [0.1, 0.15) is 19.8 Å². The molecule has 8 heteroatoms. The van der Waals surface area contributed by atoms with Gasteiger partial charge in [-0.25, -0.2) is 18.1 Å². The van der Waals surface area contributed by atoms with Crippen LogP contribution in [-0.4, -0.2) is 32.2 Å². The Morgan fingerprint density at radius 2 is 2.37 bits per heavy atom. The third kappa shape index (κ3) is 3.44. The molecule has 3 N–H and O–H groups in total. The lowest BCUT2D eigenvalue weighted by molar-refractivity contribution is 0.0902. The Morgan fingerprint density at radius 1 is 1.63 bits per heavy atom. The molecular weight excluding hydrogens is 334 g/mol. The Balaban J connectivity index is 2.19. The van der Waals surface area contributed by atoms with E-state index in [0.717, 1.165) is 12.8 Å². The van der Waals surface area contributed by atoms with Crippen LogP contribution >= 0.6 is 15.9 Å². The second kappa shape index (κ2) is 5.74. The van der Waals surface area contributed by atoms with Gasteiger partial charge in [-0.05, 0) is 41.8 Å². The maximum absolute atomic E-state index is 12.3. The molecule has 1 aromatic rings. The van der Waals surface area contributed by atoms with Crippen LogP contribution in [0.2, 0.25) is 0 Å². The van der Waals surface area contributed by atoms with Gasteiger partial charge in [-0.3, -0.25) is 0 Å². The molecule has 0 aliphatic carbocycles. The first-order valence-electron chi connectivity index (χ1n) is 5.95. The highest BCUT2D eigenvalue weighted by Gasteiger charge is 2.28. The molecule has 1 aliphatic heterocycles. The predicted octanol–water partition coefficient (Wildman–Crippen LogP) is 1.27. The number of halogens is 1. The summed E-state index contributed by atoms with van der Waals surface area (Å²) in [6.07, 6.45) is 3.18. The lowest BCUT2D eigenvalue weighted by atomic mass is 10.1. The number of aromatic nitrogens is 1. The fourth-order valence-electron chi connectivity index (χ4n) is 2.03. The van der Waals surface area contributed by atoms with E-state index in [4.69, 9.17) is 10.5 Å². The van der Waals surface area contributed by atoms with E-state index in [9.17, 15) is 8.42 Å². The first-order chi connectivity index (χ1) is 8.90. The average Bonchev–Trinajstić information content (AvgIpc) is 2.85. The highest BCUT2D eigenvalue weighted by atomic mass is 79.9. The first kappa shape index (κ1) is 14.7. The van der Waals surface area contributed by atoms with Crippen LogP contribution in [0.5, 0.6) is 0 Å². The summed E-state index contributed by atoms with van der Waals surface area (Å²) in [5.41, 5.74) is 5.62. The average molecular weight is 350 g/mol. The van der Waals surface area contributed by atoms with Gasteiger partial charge in [-0.2, -0.15) is 0 Å². The Bertz CT molecular complexity index is 558. The van der Waals surface area contributed by atoms with Crippen LogP contribution < -0.4 is 10.5 Å². The smallest absolute Gasteiger partial charge is 0.244 e. The lowest BCUT2D eigenvalue weighted by Gasteiger charge is -2.20. The van der Waals surface area contributed by atoms with E-state index < -0.39 is 10.0 Å². The van der Waals surface area contributed by atoms with E-state index in [2.05, 4.69) is 25.6 Å². The van der Waals surface area contributed by atoms with Gasteiger partial charge >= 0.3 is 0 Å². The third-order valence-electron chi connectivity index (χ3n) is 3.00. The van der Waals surface area contributed by atoms with E-state index in [1.807, 2.05) is 0 Å². The second-order valence-corrected chi connectivity index (χ2v) is 7.10. The number of hydrogen-bond acceptors (Lipinski definition) is 5. The maximum Gasteiger partial charge on any atom is 0.244 e. The molecule has 0 spiro atoms. The fraction of sp³-hybridized carbons (Fsp3) is 0.545. The molecule has 6 nitrogen and oxygen atoms in total. The fourth-order valence-corrected chi connectivity index (χ4v) is 3.89. The van der Waals surface area contributed by atoms with Crippen molar-refractivity contribution in [2.75, 3.05) is 12.3 Å². The second-order valence-electron chi connectivity index (χ2n) is 4.50. The van der Waals surface area contributed by atoms with Gasteiger partial charge in [0.2, 0.25) is 10.0 Å². The van der Waals surface area contributed by atoms with Crippen LogP contribution in [0.15, 0.2) is 21.6 Å². The Hall–Kier alpha value is -0.700. The van der Waals surface area contributed by atoms with Crippen molar-refractivity contribution in [3.8, 4) is 0 Å². The minimum absolute atomic E-state index is 0.0183. The number of nitrogen functional groups attached to an aromatic ring is 1. The largest absolute Gasteiger partial charge is 0.383 e. The maximum atomic E-state index is 12.3. The SMILES string of the molecule is CC(NS(=O)(=O)c1cc(Br)cnc1N)C1CCCO1. The van der Waals surface area contributed by atoms with Crippen LogP contribution in [0, 0.1) is 0 Å². The summed E-state index contributed by atoms with van der Waals surface area (Å²) < 4.78 is 33.1. The van der Waals surface area contributed by atoms with Crippen molar-refractivity contribution in [3.63, 3.8) is 0 Å². The van der Waals surface area contributed by atoms with E-state index in [0.29, 0.717) is 11.1 Å². The number of nitrogens with zero attached hydrogens (tertiary/aromatic N) is 1.